The Kier molecular flexibility index (Phi) is 1.57. The van der Waals surface area contributed by atoms with E-state index in [4.69, 9.17) is 5.11 Å². The maximum absolute atomic E-state index is 10.5. The van der Waals surface area contributed by atoms with Crippen molar-refractivity contribution < 1.29 is 5.11 Å². The summed E-state index contributed by atoms with van der Waals surface area (Å²) in [5.41, 5.74) is -0.482. The molecule has 0 aromatic carbocycles. The molecule has 0 unspecified atom stereocenters. The number of aromatic amines is 1. The molecule has 3 nitrogen and oxygen atoms in total. The van der Waals surface area contributed by atoms with E-state index in [0.717, 1.165) is 0 Å². The first-order valence-corrected chi connectivity index (χ1v) is 3.07. The number of aromatic nitrogens is 1. The summed E-state index contributed by atoms with van der Waals surface area (Å²) in [6.07, 6.45) is 0. The Morgan fingerprint density at radius 3 is 2.67 bits per heavy atom. The molecule has 48 valence electrons. The summed E-state index contributed by atoms with van der Waals surface area (Å²) in [5.74, 6) is -0.266. The third kappa shape index (κ3) is 1.32. The molecule has 1 heterocycles. The van der Waals surface area contributed by atoms with Crippen LogP contribution in [0.25, 0.3) is 0 Å². The quantitative estimate of drug-likeness (QED) is 0.595. The molecule has 0 radical (unpaired) electrons. The van der Waals surface area contributed by atoms with Crippen LogP contribution in [0.3, 0.4) is 0 Å². The second-order valence-electron chi connectivity index (χ2n) is 1.52. The molecule has 0 fully saturated rings. The lowest BCUT2D eigenvalue weighted by molar-refractivity contribution is 0.466. The van der Waals surface area contributed by atoms with Gasteiger partial charge in [-0.05, 0) is 28.1 Å². The van der Waals surface area contributed by atoms with Gasteiger partial charge in [0.05, 0.1) is 4.60 Å². The van der Waals surface area contributed by atoms with Crippen molar-refractivity contribution in [2.45, 2.75) is 0 Å². The van der Waals surface area contributed by atoms with Gasteiger partial charge in [-0.15, -0.1) is 0 Å². The molecule has 1 aromatic rings. The van der Waals surface area contributed by atoms with Crippen molar-refractivity contribution in [3.8, 4) is 5.75 Å². The molecule has 1 aromatic heterocycles. The van der Waals surface area contributed by atoms with E-state index in [2.05, 4.69) is 20.9 Å². The van der Waals surface area contributed by atoms with Gasteiger partial charge in [0, 0.05) is 0 Å². The molecule has 0 atom stereocenters. The van der Waals surface area contributed by atoms with Crippen molar-refractivity contribution in [1.29, 1.82) is 0 Å². The Bertz CT molecular complexity index is 268. The lowest BCUT2D eigenvalue weighted by Gasteiger charge is -1.88. The van der Waals surface area contributed by atoms with Crippen LogP contribution in [0.5, 0.6) is 5.75 Å². The Morgan fingerprint density at radius 2 is 2.22 bits per heavy atom. The van der Waals surface area contributed by atoms with Crippen molar-refractivity contribution in [1.82, 2.24) is 4.98 Å². The highest BCUT2D eigenvalue weighted by molar-refractivity contribution is 9.10. The predicted octanol–water partition coefficient (Wildman–Crippen LogP) is 0.843. The normalized spacial score (nSPS) is 9.44. The minimum atomic E-state index is -0.482. The number of halogens is 1. The van der Waals surface area contributed by atoms with Crippen molar-refractivity contribution in [3.05, 3.63) is 27.1 Å². The van der Waals surface area contributed by atoms with Crippen molar-refractivity contribution in [2.75, 3.05) is 0 Å². The van der Waals surface area contributed by atoms with Gasteiger partial charge in [-0.3, -0.25) is 4.79 Å². The van der Waals surface area contributed by atoms with Crippen LogP contribution in [0.1, 0.15) is 0 Å². The molecule has 0 aliphatic rings. The number of aromatic hydroxyl groups is 1. The minimum Gasteiger partial charge on any atom is -0.503 e. The first-order valence-electron chi connectivity index (χ1n) is 2.28. The zero-order valence-corrected chi connectivity index (χ0v) is 5.97. The molecule has 9 heavy (non-hydrogen) atoms. The lowest BCUT2D eigenvalue weighted by atomic mass is 10.5. The zero-order chi connectivity index (χ0) is 6.85. The Hall–Kier alpha value is -0.770. The summed E-state index contributed by atoms with van der Waals surface area (Å²) in [6.45, 7) is 0. The number of pyridine rings is 1. The van der Waals surface area contributed by atoms with Gasteiger partial charge in [-0.25, -0.2) is 0 Å². The number of hydrogen-bond acceptors (Lipinski definition) is 2. The fourth-order valence-electron chi connectivity index (χ4n) is 0.442. The van der Waals surface area contributed by atoms with E-state index in [9.17, 15) is 4.79 Å². The molecule has 0 saturated heterocycles. The van der Waals surface area contributed by atoms with E-state index in [1.807, 2.05) is 0 Å². The van der Waals surface area contributed by atoms with Crippen molar-refractivity contribution >= 4 is 15.9 Å². The second kappa shape index (κ2) is 2.23. The van der Waals surface area contributed by atoms with E-state index in [1.165, 1.54) is 6.07 Å². The van der Waals surface area contributed by atoms with Gasteiger partial charge in [-0.1, -0.05) is 0 Å². The van der Waals surface area contributed by atoms with Gasteiger partial charge in [0.15, 0.2) is 5.75 Å². The molecular formula is C5H4BrNO2. The number of rotatable bonds is 0. The fraction of sp³-hybridized carbons (Fsp3) is 0. The highest BCUT2D eigenvalue weighted by Gasteiger charge is 1.92. The van der Waals surface area contributed by atoms with Gasteiger partial charge in [0.1, 0.15) is 0 Å². The van der Waals surface area contributed by atoms with Crippen LogP contribution in [-0.4, -0.2) is 10.1 Å². The molecule has 0 amide bonds. The molecule has 0 aliphatic heterocycles. The van der Waals surface area contributed by atoms with Gasteiger partial charge < -0.3 is 10.1 Å². The van der Waals surface area contributed by atoms with Crippen LogP contribution < -0.4 is 5.56 Å². The summed E-state index contributed by atoms with van der Waals surface area (Å²) >= 11 is 3.03. The van der Waals surface area contributed by atoms with Gasteiger partial charge in [0.2, 0.25) is 0 Å². The van der Waals surface area contributed by atoms with Crippen molar-refractivity contribution in [3.63, 3.8) is 0 Å². The minimum absolute atomic E-state index is 0.266. The lowest BCUT2D eigenvalue weighted by Crippen LogP contribution is -2.03. The van der Waals surface area contributed by atoms with Crippen LogP contribution in [-0.2, 0) is 0 Å². The molecule has 0 spiro atoms. The topological polar surface area (TPSA) is 53.1 Å². The average Bonchev–Trinajstić information content (AvgIpc) is 1.80. The smallest absolute Gasteiger partial charge is 0.290 e. The van der Waals surface area contributed by atoms with Crippen LogP contribution in [0, 0.1) is 0 Å². The van der Waals surface area contributed by atoms with Crippen LogP contribution in [0.2, 0.25) is 0 Å². The second-order valence-corrected chi connectivity index (χ2v) is 2.37. The van der Waals surface area contributed by atoms with E-state index >= 15 is 0 Å². The molecular weight excluding hydrogens is 186 g/mol. The summed E-state index contributed by atoms with van der Waals surface area (Å²) < 4.78 is 0.560. The van der Waals surface area contributed by atoms with Crippen LogP contribution in [0.4, 0.5) is 0 Å². The van der Waals surface area contributed by atoms with Gasteiger partial charge in [0.25, 0.3) is 5.56 Å². The van der Waals surface area contributed by atoms with Crippen molar-refractivity contribution in [2.24, 2.45) is 0 Å². The van der Waals surface area contributed by atoms with E-state index in [1.54, 1.807) is 6.07 Å². The van der Waals surface area contributed by atoms with Crippen LogP contribution >= 0.6 is 15.9 Å². The van der Waals surface area contributed by atoms with Crippen LogP contribution in [0.15, 0.2) is 21.5 Å². The SMILES string of the molecule is O=c1[nH]c(Br)ccc1O. The molecule has 0 aliphatic carbocycles. The third-order valence-corrected chi connectivity index (χ3v) is 1.32. The van der Waals surface area contributed by atoms with Gasteiger partial charge in [-0.2, -0.15) is 0 Å². The Labute approximate surface area is 59.5 Å². The summed E-state index contributed by atoms with van der Waals surface area (Å²) in [7, 11) is 0. The van der Waals surface area contributed by atoms with E-state index in [0.29, 0.717) is 4.60 Å². The number of nitrogens with one attached hydrogen (secondary N) is 1. The standard InChI is InChI=1S/C5H4BrNO2/c6-4-2-1-3(8)5(9)7-4/h1-2,8H,(H,7,9). The fourth-order valence-corrected chi connectivity index (χ4v) is 0.754. The first-order chi connectivity index (χ1) is 4.20. The highest BCUT2D eigenvalue weighted by atomic mass is 79.9. The number of H-pyrrole nitrogens is 1. The van der Waals surface area contributed by atoms with Gasteiger partial charge >= 0.3 is 0 Å². The summed E-state index contributed by atoms with van der Waals surface area (Å²) in [6, 6.07) is 2.87. The first kappa shape index (κ1) is 6.35. The largest absolute Gasteiger partial charge is 0.503 e. The summed E-state index contributed by atoms with van der Waals surface area (Å²) in [5, 5.41) is 8.68. The Morgan fingerprint density at radius 1 is 1.56 bits per heavy atom. The maximum Gasteiger partial charge on any atom is 0.290 e. The predicted molar refractivity (Wildman–Crippen MR) is 36.4 cm³/mol. The number of hydrogen-bond donors (Lipinski definition) is 2. The third-order valence-electron chi connectivity index (χ3n) is 0.853. The maximum atomic E-state index is 10.5. The average molecular weight is 190 g/mol. The molecule has 4 heteroatoms. The van der Waals surface area contributed by atoms with E-state index < -0.39 is 5.56 Å². The highest BCUT2D eigenvalue weighted by Crippen LogP contribution is 2.04. The molecule has 2 N–H and O–H groups in total. The zero-order valence-electron chi connectivity index (χ0n) is 4.39. The Balaban J connectivity index is 3.34. The summed E-state index contributed by atoms with van der Waals surface area (Å²) in [4.78, 5) is 12.9. The monoisotopic (exact) mass is 189 g/mol. The van der Waals surface area contributed by atoms with E-state index in [-0.39, 0.29) is 5.75 Å². The molecule has 1 rings (SSSR count). The molecule has 0 bridgehead atoms. The molecule has 0 saturated carbocycles.